The van der Waals surface area contributed by atoms with Crippen molar-refractivity contribution < 1.29 is 14.3 Å². The fourth-order valence-electron chi connectivity index (χ4n) is 0.789. The predicted octanol–water partition coefficient (Wildman–Crippen LogP) is 1.36. The molecule has 0 fully saturated rings. The van der Waals surface area contributed by atoms with Crippen molar-refractivity contribution in [1.82, 2.24) is 0 Å². The van der Waals surface area contributed by atoms with Crippen LogP contribution in [0.4, 0.5) is 0 Å². The van der Waals surface area contributed by atoms with Gasteiger partial charge in [0.25, 0.3) is 0 Å². The minimum atomic E-state index is -0.375. The van der Waals surface area contributed by atoms with Gasteiger partial charge in [-0.3, -0.25) is 0 Å². The summed E-state index contributed by atoms with van der Waals surface area (Å²) in [5.41, 5.74) is 0. The standard InChI is InChI=1S/C8H16O3/c1-4-7(10-5-2)8(9)11-6-3/h7H,4-6H2,1-3H3/t7-/m1/s1. The summed E-state index contributed by atoms with van der Waals surface area (Å²) < 4.78 is 9.91. The molecule has 1 atom stereocenters. The lowest BCUT2D eigenvalue weighted by molar-refractivity contribution is -0.156. The Balaban J connectivity index is 3.71. The van der Waals surface area contributed by atoms with Gasteiger partial charge in [0.2, 0.25) is 0 Å². The zero-order valence-electron chi connectivity index (χ0n) is 7.42. The van der Waals surface area contributed by atoms with Gasteiger partial charge in [-0.25, -0.2) is 4.79 Å². The summed E-state index contributed by atoms with van der Waals surface area (Å²) in [6.07, 6.45) is 0.298. The van der Waals surface area contributed by atoms with Crippen LogP contribution in [0.1, 0.15) is 27.2 Å². The fourth-order valence-corrected chi connectivity index (χ4v) is 0.789. The van der Waals surface area contributed by atoms with Crippen molar-refractivity contribution in [3.8, 4) is 0 Å². The van der Waals surface area contributed by atoms with E-state index in [-0.39, 0.29) is 12.1 Å². The molecule has 0 bridgehead atoms. The van der Waals surface area contributed by atoms with Gasteiger partial charge in [0, 0.05) is 6.61 Å². The third kappa shape index (κ3) is 3.98. The molecule has 66 valence electrons. The van der Waals surface area contributed by atoms with Crippen LogP contribution in [-0.4, -0.2) is 25.3 Å². The highest BCUT2D eigenvalue weighted by atomic mass is 16.6. The zero-order chi connectivity index (χ0) is 8.69. The van der Waals surface area contributed by atoms with Crippen molar-refractivity contribution in [2.45, 2.75) is 33.3 Å². The molecule has 0 aromatic carbocycles. The summed E-state index contributed by atoms with van der Waals surface area (Å²) >= 11 is 0. The number of carbonyl (C=O) groups is 1. The molecule has 0 unspecified atom stereocenters. The summed E-state index contributed by atoms with van der Waals surface area (Å²) in [5, 5.41) is 0. The Morgan fingerprint density at radius 2 is 1.91 bits per heavy atom. The Labute approximate surface area is 67.7 Å². The van der Waals surface area contributed by atoms with Crippen LogP contribution in [0.3, 0.4) is 0 Å². The highest BCUT2D eigenvalue weighted by Crippen LogP contribution is 2.00. The second kappa shape index (κ2) is 6.16. The number of hydrogen-bond donors (Lipinski definition) is 0. The number of ether oxygens (including phenoxy) is 2. The van der Waals surface area contributed by atoms with Gasteiger partial charge in [-0.05, 0) is 20.3 Å². The van der Waals surface area contributed by atoms with E-state index in [1.165, 1.54) is 0 Å². The molecule has 0 spiro atoms. The van der Waals surface area contributed by atoms with Crippen LogP contribution < -0.4 is 0 Å². The number of carbonyl (C=O) groups excluding carboxylic acids is 1. The van der Waals surface area contributed by atoms with E-state index < -0.39 is 0 Å². The van der Waals surface area contributed by atoms with E-state index in [9.17, 15) is 4.79 Å². The van der Waals surface area contributed by atoms with E-state index in [0.29, 0.717) is 19.6 Å². The first-order chi connectivity index (χ1) is 5.26. The van der Waals surface area contributed by atoms with Crippen molar-refractivity contribution in [2.75, 3.05) is 13.2 Å². The Morgan fingerprint density at radius 3 is 2.27 bits per heavy atom. The van der Waals surface area contributed by atoms with Gasteiger partial charge in [0.1, 0.15) is 0 Å². The van der Waals surface area contributed by atoms with Crippen LogP contribution >= 0.6 is 0 Å². The molecule has 0 aliphatic carbocycles. The highest BCUT2D eigenvalue weighted by Gasteiger charge is 2.16. The molecule has 0 aromatic heterocycles. The molecule has 11 heavy (non-hydrogen) atoms. The Bertz CT molecular complexity index is 112. The molecule has 0 aromatic rings. The maximum absolute atomic E-state index is 11.0. The average Bonchev–Trinajstić information content (AvgIpc) is 2.00. The summed E-state index contributed by atoms with van der Waals surface area (Å²) in [6.45, 7) is 6.52. The van der Waals surface area contributed by atoms with E-state index in [1.54, 1.807) is 6.92 Å². The molecule has 0 radical (unpaired) electrons. The molecule has 0 aliphatic rings. The van der Waals surface area contributed by atoms with Crippen LogP contribution in [0, 0.1) is 0 Å². The van der Waals surface area contributed by atoms with Crippen LogP contribution in [0.25, 0.3) is 0 Å². The second-order valence-corrected chi connectivity index (χ2v) is 2.10. The molecule has 0 aliphatic heterocycles. The first kappa shape index (κ1) is 10.4. The lowest BCUT2D eigenvalue weighted by atomic mass is 10.3. The van der Waals surface area contributed by atoms with E-state index >= 15 is 0 Å². The third-order valence-electron chi connectivity index (χ3n) is 1.29. The Kier molecular flexibility index (Phi) is 5.84. The van der Waals surface area contributed by atoms with Gasteiger partial charge in [-0.2, -0.15) is 0 Å². The van der Waals surface area contributed by atoms with E-state index in [4.69, 9.17) is 9.47 Å². The predicted molar refractivity (Wildman–Crippen MR) is 42.3 cm³/mol. The zero-order valence-corrected chi connectivity index (χ0v) is 7.42. The van der Waals surface area contributed by atoms with Gasteiger partial charge in [-0.1, -0.05) is 6.92 Å². The highest BCUT2D eigenvalue weighted by molar-refractivity contribution is 5.74. The summed E-state index contributed by atoms with van der Waals surface area (Å²) in [5.74, 6) is -0.253. The lowest BCUT2D eigenvalue weighted by Crippen LogP contribution is -2.25. The summed E-state index contributed by atoms with van der Waals surface area (Å²) in [4.78, 5) is 11.0. The van der Waals surface area contributed by atoms with Gasteiger partial charge < -0.3 is 9.47 Å². The maximum atomic E-state index is 11.0. The minimum Gasteiger partial charge on any atom is -0.464 e. The van der Waals surface area contributed by atoms with Crippen molar-refractivity contribution in [1.29, 1.82) is 0 Å². The molecule has 3 nitrogen and oxygen atoms in total. The molecule has 0 saturated carbocycles. The number of esters is 1. The molecule has 0 rings (SSSR count). The van der Waals surface area contributed by atoms with Crippen LogP contribution in [-0.2, 0) is 14.3 Å². The monoisotopic (exact) mass is 160 g/mol. The van der Waals surface area contributed by atoms with Crippen LogP contribution in [0.15, 0.2) is 0 Å². The number of rotatable bonds is 5. The van der Waals surface area contributed by atoms with E-state index in [0.717, 1.165) is 0 Å². The van der Waals surface area contributed by atoms with Crippen molar-refractivity contribution >= 4 is 5.97 Å². The van der Waals surface area contributed by atoms with Gasteiger partial charge in [0.15, 0.2) is 6.10 Å². The molecule has 0 heterocycles. The Hall–Kier alpha value is -0.570. The Morgan fingerprint density at radius 1 is 1.27 bits per heavy atom. The largest absolute Gasteiger partial charge is 0.464 e. The van der Waals surface area contributed by atoms with E-state index in [2.05, 4.69) is 0 Å². The number of hydrogen-bond acceptors (Lipinski definition) is 3. The smallest absolute Gasteiger partial charge is 0.335 e. The normalized spacial score (nSPS) is 12.6. The molecule has 0 N–H and O–H groups in total. The molecule has 0 saturated heterocycles. The van der Waals surface area contributed by atoms with E-state index in [1.807, 2.05) is 13.8 Å². The van der Waals surface area contributed by atoms with Crippen LogP contribution in [0.5, 0.6) is 0 Å². The minimum absolute atomic E-state index is 0.253. The molecular formula is C8H16O3. The third-order valence-corrected chi connectivity index (χ3v) is 1.29. The first-order valence-corrected chi connectivity index (χ1v) is 4.04. The van der Waals surface area contributed by atoms with Gasteiger partial charge >= 0.3 is 5.97 Å². The van der Waals surface area contributed by atoms with Gasteiger partial charge in [-0.15, -0.1) is 0 Å². The average molecular weight is 160 g/mol. The topological polar surface area (TPSA) is 35.5 Å². The SMILES string of the molecule is CCOC(=O)[C@@H](CC)OCC. The molecule has 0 amide bonds. The van der Waals surface area contributed by atoms with Crippen molar-refractivity contribution in [2.24, 2.45) is 0 Å². The quantitative estimate of drug-likeness (QED) is 0.570. The van der Waals surface area contributed by atoms with Gasteiger partial charge in [0.05, 0.1) is 6.61 Å². The molecule has 3 heteroatoms. The second-order valence-electron chi connectivity index (χ2n) is 2.10. The summed E-state index contributed by atoms with van der Waals surface area (Å²) in [6, 6.07) is 0. The van der Waals surface area contributed by atoms with Crippen LogP contribution in [0.2, 0.25) is 0 Å². The van der Waals surface area contributed by atoms with Crippen molar-refractivity contribution in [3.05, 3.63) is 0 Å². The molecular weight excluding hydrogens is 144 g/mol. The first-order valence-electron chi connectivity index (χ1n) is 4.04. The van der Waals surface area contributed by atoms with Crippen molar-refractivity contribution in [3.63, 3.8) is 0 Å². The maximum Gasteiger partial charge on any atom is 0.335 e. The fraction of sp³-hybridized carbons (Fsp3) is 0.875. The summed E-state index contributed by atoms with van der Waals surface area (Å²) in [7, 11) is 0. The lowest BCUT2D eigenvalue weighted by Gasteiger charge is -2.12.